The van der Waals surface area contributed by atoms with Crippen LogP contribution in [0.3, 0.4) is 0 Å². The van der Waals surface area contributed by atoms with Gasteiger partial charge in [0.25, 0.3) is 5.69 Å². The van der Waals surface area contributed by atoms with Crippen LogP contribution in [0.25, 0.3) is 0 Å². The summed E-state index contributed by atoms with van der Waals surface area (Å²) in [4.78, 5) is 10.8. The number of anilines is 1. The molecule has 5 nitrogen and oxygen atoms in total. The summed E-state index contributed by atoms with van der Waals surface area (Å²) in [6.45, 7) is 3.43. The van der Waals surface area contributed by atoms with Gasteiger partial charge in [-0.3, -0.25) is 10.1 Å². The lowest BCUT2D eigenvalue weighted by molar-refractivity contribution is -0.385. The first kappa shape index (κ1) is 15.5. The molecule has 0 aliphatic carbocycles. The van der Waals surface area contributed by atoms with Crippen molar-refractivity contribution in [2.75, 3.05) is 11.9 Å². The molecule has 1 atom stereocenters. The summed E-state index contributed by atoms with van der Waals surface area (Å²) < 4.78 is 0. The van der Waals surface area contributed by atoms with Crippen molar-refractivity contribution < 1.29 is 4.92 Å². The molecular weight excluding hydrogens is 290 g/mol. The minimum absolute atomic E-state index is 0.187. The maximum atomic E-state index is 11.1. The maximum absolute atomic E-state index is 11.1. The third-order valence-electron chi connectivity index (χ3n) is 4.47. The zero-order valence-electron chi connectivity index (χ0n) is 13.2. The van der Waals surface area contributed by atoms with Crippen LogP contribution in [-0.2, 0) is 6.54 Å². The van der Waals surface area contributed by atoms with Crippen LogP contribution < -0.4 is 10.6 Å². The standard InChI is InChI=1S/C18H21N3O2/c1-13-14(6-4-10-18(13)21(22)23)12-20-17-9-5-11-19-16-8-3-2-7-15(16)17/h2-4,6-8,10,17,19-20H,5,9,11-12H2,1H3/t17-/m1/s1. The van der Waals surface area contributed by atoms with E-state index in [9.17, 15) is 10.1 Å². The Kier molecular flexibility index (Phi) is 4.57. The lowest BCUT2D eigenvalue weighted by Crippen LogP contribution is -2.21. The van der Waals surface area contributed by atoms with Gasteiger partial charge >= 0.3 is 0 Å². The Bertz CT molecular complexity index is 715. The highest BCUT2D eigenvalue weighted by Gasteiger charge is 2.19. The van der Waals surface area contributed by atoms with Crippen molar-refractivity contribution in [3.05, 3.63) is 69.3 Å². The fraction of sp³-hybridized carbons (Fsp3) is 0.333. The van der Waals surface area contributed by atoms with Crippen LogP contribution >= 0.6 is 0 Å². The second kappa shape index (κ2) is 6.79. The Labute approximate surface area is 135 Å². The Hall–Kier alpha value is -2.40. The Balaban J connectivity index is 1.79. The van der Waals surface area contributed by atoms with E-state index in [0.717, 1.165) is 30.5 Å². The number of hydrogen-bond acceptors (Lipinski definition) is 4. The molecule has 0 radical (unpaired) electrons. The molecular formula is C18H21N3O2. The second-order valence-corrected chi connectivity index (χ2v) is 5.91. The van der Waals surface area contributed by atoms with Crippen LogP contribution in [0.4, 0.5) is 11.4 Å². The molecule has 0 saturated heterocycles. The normalized spacial score (nSPS) is 17.0. The molecule has 0 fully saturated rings. The molecule has 2 aromatic carbocycles. The number of fused-ring (bicyclic) bond motifs is 1. The van der Waals surface area contributed by atoms with Gasteiger partial charge in [-0.05, 0) is 37.0 Å². The van der Waals surface area contributed by atoms with Crippen molar-refractivity contribution >= 4 is 11.4 Å². The van der Waals surface area contributed by atoms with E-state index >= 15 is 0 Å². The number of hydrogen-bond donors (Lipinski definition) is 2. The molecule has 0 bridgehead atoms. The number of nitro groups is 1. The van der Waals surface area contributed by atoms with Crippen molar-refractivity contribution in [1.29, 1.82) is 0 Å². The molecule has 120 valence electrons. The minimum atomic E-state index is -0.316. The number of benzene rings is 2. The molecule has 0 amide bonds. The predicted molar refractivity (Wildman–Crippen MR) is 91.6 cm³/mol. The van der Waals surface area contributed by atoms with Crippen molar-refractivity contribution in [2.45, 2.75) is 32.4 Å². The third kappa shape index (κ3) is 3.35. The summed E-state index contributed by atoms with van der Waals surface area (Å²) in [6.07, 6.45) is 2.15. The first-order valence-electron chi connectivity index (χ1n) is 7.96. The molecule has 1 aliphatic rings. The van der Waals surface area contributed by atoms with E-state index in [1.54, 1.807) is 12.1 Å². The van der Waals surface area contributed by atoms with E-state index < -0.39 is 0 Å². The number of rotatable bonds is 4. The highest BCUT2D eigenvalue weighted by molar-refractivity contribution is 5.53. The van der Waals surface area contributed by atoms with E-state index in [4.69, 9.17) is 0 Å². The minimum Gasteiger partial charge on any atom is -0.385 e. The first-order valence-corrected chi connectivity index (χ1v) is 7.96. The van der Waals surface area contributed by atoms with Gasteiger partial charge in [-0.2, -0.15) is 0 Å². The summed E-state index contributed by atoms with van der Waals surface area (Å²) in [5, 5.41) is 18.1. The van der Waals surface area contributed by atoms with Crippen LogP contribution in [0.1, 0.15) is 35.6 Å². The zero-order chi connectivity index (χ0) is 16.2. The molecule has 1 heterocycles. The summed E-state index contributed by atoms with van der Waals surface area (Å²) >= 11 is 0. The van der Waals surface area contributed by atoms with E-state index in [2.05, 4.69) is 28.8 Å². The molecule has 1 aliphatic heterocycles. The van der Waals surface area contributed by atoms with Crippen LogP contribution in [0.2, 0.25) is 0 Å². The van der Waals surface area contributed by atoms with Gasteiger partial charge in [0.1, 0.15) is 0 Å². The molecule has 0 saturated carbocycles. The van der Waals surface area contributed by atoms with Gasteiger partial charge < -0.3 is 10.6 Å². The molecule has 5 heteroatoms. The Morgan fingerprint density at radius 3 is 2.91 bits per heavy atom. The van der Waals surface area contributed by atoms with Gasteiger partial charge in [-0.25, -0.2) is 0 Å². The fourth-order valence-electron chi connectivity index (χ4n) is 3.15. The van der Waals surface area contributed by atoms with Crippen LogP contribution in [0.5, 0.6) is 0 Å². The van der Waals surface area contributed by atoms with Crippen LogP contribution in [-0.4, -0.2) is 11.5 Å². The lowest BCUT2D eigenvalue weighted by atomic mass is 10.0. The van der Waals surface area contributed by atoms with E-state index in [0.29, 0.717) is 6.54 Å². The SMILES string of the molecule is Cc1c(CN[C@@H]2CCCNc3ccccc32)cccc1[N+](=O)[O-]. The second-order valence-electron chi connectivity index (χ2n) is 5.91. The summed E-state index contributed by atoms with van der Waals surface area (Å²) in [5.74, 6) is 0. The van der Waals surface area contributed by atoms with Crippen molar-refractivity contribution in [1.82, 2.24) is 5.32 Å². The average Bonchev–Trinajstić information content (AvgIpc) is 2.76. The maximum Gasteiger partial charge on any atom is 0.272 e. The van der Waals surface area contributed by atoms with Gasteiger partial charge in [0, 0.05) is 36.4 Å². The predicted octanol–water partition coefficient (Wildman–Crippen LogP) is 3.94. The highest BCUT2D eigenvalue weighted by Crippen LogP contribution is 2.30. The van der Waals surface area contributed by atoms with Crippen molar-refractivity contribution in [3.8, 4) is 0 Å². The van der Waals surface area contributed by atoms with Gasteiger partial charge in [0.2, 0.25) is 0 Å². The van der Waals surface area contributed by atoms with Crippen LogP contribution in [0, 0.1) is 17.0 Å². The monoisotopic (exact) mass is 311 g/mol. The topological polar surface area (TPSA) is 67.2 Å². The zero-order valence-corrected chi connectivity index (χ0v) is 13.2. The number of para-hydroxylation sites is 1. The van der Waals surface area contributed by atoms with E-state index in [1.165, 1.54) is 11.3 Å². The number of nitrogens with one attached hydrogen (secondary N) is 2. The highest BCUT2D eigenvalue weighted by atomic mass is 16.6. The average molecular weight is 311 g/mol. The number of nitrogens with zero attached hydrogens (tertiary/aromatic N) is 1. The van der Waals surface area contributed by atoms with Gasteiger partial charge in [0.15, 0.2) is 0 Å². The van der Waals surface area contributed by atoms with E-state index in [1.807, 2.05) is 19.1 Å². The number of nitro benzene ring substituents is 1. The first-order chi connectivity index (χ1) is 11.2. The Morgan fingerprint density at radius 1 is 1.26 bits per heavy atom. The molecule has 3 rings (SSSR count). The van der Waals surface area contributed by atoms with Crippen molar-refractivity contribution in [3.63, 3.8) is 0 Å². The summed E-state index contributed by atoms with van der Waals surface area (Å²) in [5.41, 5.74) is 4.36. The van der Waals surface area contributed by atoms with Gasteiger partial charge in [0.05, 0.1) is 4.92 Å². The fourth-order valence-corrected chi connectivity index (χ4v) is 3.15. The van der Waals surface area contributed by atoms with Crippen LogP contribution in [0.15, 0.2) is 42.5 Å². The summed E-state index contributed by atoms with van der Waals surface area (Å²) in [6, 6.07) is 13.9. The molecule has 0 unspecified atom stereocenters. The largest absolute Gasteiger partial charge is 0.385 e. The molecule has 0 aromatic heterocycles. The van der Waals surface area contributed by atoms with Gasteiger partial charge in [-0.15, -0.1) is 0 Å². The molecule has 23 heavy (non-hydrogen) atoms. The molecule has 2 aromatic rings. The van der Waals surface area contributed by atoms with E-state index in [-0.39, 0.29) is 16.7 Å². The quantitative estimate of drug-likeness (QED) is 0.663. The molecule has 0 spiro atoms. The lowest BCUT2D eigenvalue weighted by Gasteiger charge is -2.19. The van der Waals surface area contributed by atoms with Crippen molar-refractivity contribution in [2.24, 2.45) is 0 Å². The third-order valence-corrected chi connectivity index (χ3v) is 4.47. The summed E-state index contributed by atoms with van der Waals surface area (Å²) in [7, 11) is 0. The van der Waals surface area contributed by atoms with Gasteiger partial charge in [-0.1, -0.05) is 30.3 Å². The molecule has 2 N–H and O–H groups in total. The Morgan fingerprint density at radius 2 is 2.09 bits per heavy atom. The smallest absolute Gasteiger partial charge is 0.272 e.